The van der Waals surface area contributed by atoms with Crippen molar-refractivity contribution < 1.29 is 13.2 Å². The summed E-state index contributed by atoms with van der Waals surface area (Å²) in [5.41, 5.74) is 17.6. The normalized spacial score (nSPS) is 11.8. The van der Waals surface area contributed by atoms with E-state index in [0.717, 1.165) is 116 Å². The number of benzene rings is 10. The Balaban J connectivity index is 1.19. The number of aryl methyl sites for hydroxylation is 5. The van der Waals surface area contributed by atoms with Crippen LogP contribution in [0.25, 0.3) is 111 Å². The summed E-state index contributed by atoms with van der Waals surface area (Å²) < 4.78 is 51.0. The standard InChI is InChI=1S/C67H48F3N3/c1-40-11-6-16-45(29-40)49-21-25-60-54(33-49)55-34-50(46-17-7-12-41(2)30-46)22-26-61(55)72(60)64-38-58(66-44(5)15-10-20-59(66)67(68,69)70)65(37-53(64)39-71)73-62-27-23-51(47-18-8-13-42(3)31-47)35-56(62)57-36-52(24-28-63(57)73)48-19-9-14-43(4)32-48/h6-38H,1-5H3. The van der Waals surface area contributed by atoms with Gasteiger partial charge in [-0.1, -0.05) is 156 Å². The highest BCUT2D eigenvalue weighted by Gasteiger charge is 2.36. The van der Waals surface area contributed by atoms with E-state index in [1.54, 1.807) is 19.1 Å². The number of alkyl halides is 3. The van der Waals surface area contributed by atoms with Crippen molar-refractivity contribution in [3.8, 4) is 73.1 Å². The van der Waals surface area contributed by atoms with Crippen molar-refractivity contribution in [2.45, 2.75) is 40.8 Å². The van der Waals surface area contributed by atoms with Crippen LogP contribution in [0.5, 0.6) is 0 Å². The summed E-state index contributed by atoms with van der Waals surface area (Å²) in [6, 6.07) is 69.5. The maximum atomic E-state index is 15.6. The Bertz CT molecular complexity index is 4070. The van der Waals surface area contributed by atoms with Gasteiger partial charge in [-0.15, -0.1) is 0 Å². The van der Waals surface area contributed by atoms with Crippen LogP contribution in [0, 0.1) is 45.9 Å². The van der Waals surface area contributed by atoms with Crippen LogP contribution in [-0.2, 0) is 6.18 Å². The molecule has 352 valence electrons. The fourth-order valence-corrected chi connectivity index (χ4v) is 11.1. The molecule has 3 nitrogen and oxygen atoms in total. The molecular weight excluding hydrogens is 904 g/mol. The van der Waals surface area contributed by atoms with Gasteiger partial charge in [0.1, 0.15) is 6.07 Å². The molecule has 0 atom stereocenters. The minimum atomic E-state index is -4.69. The molecule has 12 aromatic rings. The quantitative estimate of drug-likeness (QED) is 0.157. The van der Waals surface area contributed by atoms with Gasteiger partial charge in [0.25, 0.3) is 0 Å². The fraction of sp³-hybridized carbons (Fsp3) is 0.0896. The Morgan fingerprint density at radius 2 is 0.712 bits per heavy atom. The number of fused-ring (bicyclic) bond motifs is 6. The number of nitrogens with zero attached hydrogens (tertiary/aromatic N) is 3. The summed E-state index contributed by atoms with van der Waals surface area (Å²) in [4.78, 5) is 0. The fourth-order valence-electron chi connectivity index (χ4n) is 11.1. The van der Waals surface area contributed by atoms with Gasteiger partial charge in [-0.25, -0.2) is 0 Å². The third kappa shape index (κ3) is 7.86. The van der Waals surface area contributed by atoms with Crippen LogP contribution in [0.3, 0.4) is 0 Å². The number of aromatic nitrogens is 2. The van der Waals surface area contributed by atoms with E-state index in [9.17, 15) is 5.26 Å². The minimum Gasteiger partial charge on any atom is -0.309 e. The van der Waals surface area contributed by atoms with Crippen molar-refractivity contribution in [1.82, 2.24) is 9.13 Å². The first-order chi connectivity index (χ1) is 35.3. The summed E-state index contributed by atoms with van der Waals surface area (Å²) in [6.07, 6.45) is -4.69. The Morgan fingerprint density at radius 1 is 0.370 bits per heavy atom. The van der Waals surface area contributed by atoms with E-state index in [-0.39, 0.29) is 5.56 Å². The molecule has 12 rings (SSSR count). The van der Waals surface area contributed by atoms with Gasteiger partial charge in [-0.2, -0.15) is 18.4 Å². The zero-order valence-corrected chi connectivity index (χ0v) is 41.0. The van der Waals surface area contributed by atoms with Crippen molar-refractivity contribution in [2.24, 2.45) is 0 Å². The molecule has 73 heavy (non-hydrogen) atoms. The zero-order chi connectivity index (χ0) is 50.3. The molecule has 0 N–H and O–H groups in total. The molecular formula is C67H48F3N3. The van der Waals surface area contributed by atoms with E-state index in [4.69, 9.17) is 0 Å². The van der Waals surface area contributed by atoms with Crippen molar-refractivity contribution >= 4 is 43.6 Å². The van der Waals surface area contributed by atoms with Crippen LogP contribution in [0.15, 0.2) is 200 Å². The van der Waals surface area contributed by atoms with Crippen LogP contribution < -0.4 is 0 Å². The van der Waals surface area contributed by atoms with Crippen LogP contribution in [0.4, 0.5) is 13.2 Å². The molecule has 0 saturated carbocycles. The third-order valence-corrected chi connectivity index (χ3v) is 14.5. The molecule has 10 aromatic carbocycles. The Kier molecular flexibility index (Phi) is 10.8. The average molecular weight is 952 g/mol. The van der Waals surface area contributed by atoms with Crippen molar-refractivity contribution in [3.05, 3.63) is 239 Å². The highest BCUT2D eigenvalue weighted by Crippen LogP contribution is 2.47. The van der Waals surface area contributed by atoms with Gasteiger partial charge in [0, 0.05) is 27.1 Å². The largest absolute Gasteiger partial charge is 0.417 e. The highest BCUT2D eigenvalue weighted by atomic mass is 19.4. The van der Waals surface area contributed by atoms with Gasteiger partial charge in [-0.05, 0) is 157 Å². The summed E-state index contributed by atoms with van der Waals surface area (Å²) in [5.74, 6) is 0. The topological polar surface area (TPSA) is 33.6 Å². The number of hydrogen-bond donors (Lipinski definition) is 0. The number of hydrogen-bond acceptors (Lipinski definition) is 1. The van der Waals surface area contributed by atoms with Crippen LogP contribution in [0.2, 0.25) is 0 Å². The van der Waals surface area contributed by atoms with Crippen molar-refractivity contribution in [2.75, 3.05) is 0 Å². The smallest absolute Gasteiger partial charge is 0.309 e. The maximum absolute atomic E-state index is 15.6. The third-order valence-electron chi connectivity index (χ3n) is 14.5. The van der Waals surface area contributed by atoms with E-state index < -0.39 is 11.7 Å². The first kappa shape index (κ1) is 45.2. The van der Waals surface area contributed by atoms with E-state index in [1.807, 2.05) is 6.07 Å². The van der Waals surface area contributed by atoms with Gasteiger partial charge in [0.2, 0.25) is 0 Å². The van der Waals surface area contributed by atoms with Crippen LogP contribution >= 0.6 is 0 Å². The lowest BCUT2D eigenvalue weighted by Gasteiger charge is -2.22. The lowest BCUT2D eigenvalue weighted by Crippen LogP contribution is -2.10. The van der Waals surface area contributed by atoms with E-state index in [2.05, 4.69) is 213 Å². The van der Waals surface area contributed by atoms with E-state index in [0.29, 0.717) is 28.1 Å². The predicted molar refractivity (Wildman–Crippen MR) is 296 cm³/mol. The summed E-state index contributed by atoms with van der Waals surface area (Å²) in [6.45, 7) is 10.0. The van der Waals surface area contributed by atoms with Gasteiger partial charge in [0.15, 0.2) is 0 Å². The number of halogens is 3. The zero-order valence-electron chi connectivity index (χ0n) is 41.0. The molecule has 0 aliphatic rings. The summed E-state index contributed by atoms with van der Waals surface area (Å²) in [7, 11) is 0. The van der Waals surface area contributed by atoms with Crippen LogP contribution in [-0.4, -0.2) is 9.13 Å². The summed E-state index contributed by atoms with van der Waals surface area (Å²) >= 11 is 0. The Morgan fingerprint density at radius 3 is 1.05 bits per heavy atom. The lowest BCUT2D eigenvalue weighted by molar-refractivity contribution is -0.137. The molecule has 6 heteroatoms. The highest BCUT2D eigenvalue weighted by molar-refractivity contribution is 6.14. The van der Waals surface area contributed by atoms with Crippen molar-refractivity contribution in [3.63, 3.8) is 0 Å². The van der Waals surface area contributed by atoms with Gasteiger partial charge >= 0.3 is 6.18 Å². The molecule has 2 aromatic heterocycles. The molecule has 0 radical (unpaired) electrons. The average Bonchev–Trinajstić information content (AvgIpc) is 3.89. The van der Waals surface area contributed by atoms with E-state index >= 15 is 13.2 Å². The predicted octanol–water partition coefficient (Wildman–Crippen LogP) is 18.6. The van der Waals surface area contributed by atoms with Gasteiger partial charge in [0.05, 0.1) is 44.6 Å². The molecule has 0 spiro atoms. The minimum absolute atomic E-state index is 0.0581. The molecule has 0 amide bonds. The molecule has 2 heterocycles. The molecule has 0 bridgehead atoms. The molecule has 0 saturated heterocycles. The summed E-state index contributed by atoms with van der Waals surface area (Å²) in [5, 5.41) is 15.3. The maximum Gasteiger partial charge on any atom is 0.417 e. The first-order valence-electron chi connectivity index (χ1n) is 24.5. The molecule has 0 aliphatic heterocycles. The second-order valence-corrected chi connectivity index (χ2v) is 19.6. The SMILES string of the molecule is Cc1cccc(-c2ccc3c(c2)c2cc(-c4cccc(C)c4)ccc2n3-c2cc(-c3c(C)cccc3C(F)(F)F)c(-n3c4ccc(-c5cccc(C)c5)cc4c4cc(-c5cccc(C)c5)ccc43)cc2C#N)c1. The van der Waals surface area contributed by atoms with Gasteiger partial charge in [-0.3, -0.25) is 0 Å². The lowest BCUT2D eigenvalue weighted by atomic mass is 9.91. The van der Waals surface area contributed by atoms with Gasteiger partial charge < -0.3 is 9.13 Å². The molecule has 0 aliphatic carbocycles. The molecule has 0 unspecified atom stereocenters. The monoisotopic (exact) mass is 951 g/mol. The molecule has 0 fully saturated rings. The van der Waals surface area contributed by atoms with Crippen LogP contribution in [0.1, 0.15) is 38.9 Å². The van der Waals surface area contributed by atoms with Crippen molar-refractivity contribution in [1.29, 1.82) is 5.26 Å². The number of nitriles is 1. The first-order valence-corrected chi connectivity index (χ1v) is 24.5. The van der Waals surface area contributed by atoms with E-state index in [1.165, 1.54) is 6.07 Å². The number of rotatable bonds is 7. The Hall–Kier alpha value is -8.92. The second kappa shape index (κ2) is 17.4. The Labute approximate surface area is 422 Å². The second-order valence-electron chi connectivity index (χ2n) is 19.6.